The summed E-state index contributed by atoms with van der Waals surface area (Å²) in [5, 5.41) is 14.4. The van der Waals surface area contributed by atoms with E-state index in [1.807, 2.05) is 39.0 Å². The van der Waals surface area contributed by atoms with E-state index in [0.29, 0.717) is 23.3 Å². The number of hydrogen-bond donors (Lipinski definition) is 2. The average Bonchev–Trinajstić information content (AvgIpc) is 2.52. The zero-order valence-corrected chi connectivity index (χ0v) is 13.1. The van der Waals surface area contributed by atoms with Crippen molar-refractivity contribution in [3.05, 3.63) is 64.7 Å². The van der Waals surface area contributed by atoms with Crippen LogP contribution in [0.5, 0.6) is 5.75 Å². The molecule has 0 aromatic heterocycles. The highest BCUT2D eigenvalue weighted by Gasteiger charge is 2.12. The number of nitrogens with one attached hydrogen (secondary N) is 1. The molecule has 0 aliphatic heterocycles. The van der Waals surface area contributed by atoms with Gasteiger partial charge in [-0.2, -0.15) is 5.10 Å². The van der Waals surface area contributed by atoms with Gasteiger partial charge in [-0.3, -0.25) is 4.79 Å². The summed E-state index contributed by atoms with van der Waals surface area (Å²) >= 11 is 0. The predicted octanol–water partition coefficient (Wildman–Crippen LogP) is 3.55. The Labute approximate surface area is 130 Å². The molecule has 22 heavy (non-hydrogen) atoms. The molecule has 4 heteroatoms. The first-order valence-electron chi connectivity index (χ1n) is 7.25. The number of rotatable bonds is 4. The molecule has 0 radical (unpaired) electrons. The third-order valence-electron chi connectivity index (χ3n) is 3.42. The van der Waals surface area contributed by atoms with Crippen molar-refractivity contribution in [2.45, 2.75) is 27.2 Å². The third kappa shape index (κ3) is 3.52. The molecule has 2 aromatic carbocycles. The van der Waals surface area contributed by atoms with E-state index in [2.05, 4.69) is 10.5 Å². The predicted molar refractivity (Wildman–Crippen MR) is 88.3 cm³/mol. The zero-order valence-electron chi connectivity index (χ0n) is 13.1. The highest BCUT2D eigenvalue weighted by atomic mass is 16.3. The Hall–Kier alpha value is -2.62. The molecule has 4 nitrogen and oxygen atoms in total. The van der Waals surface area contributed by atoms with Gasteiger partial charge < -0.3 is 5.11 Å². The second-order valence-electron chi connectivity index (χ2n) is 5.20. The molecule has 2 N–H and O–H groups in total. The number of carbonyl (C=O) groups excluding carboxylic acids is 1. The Morgan fingerprint density at radius 2 is 1.86 bits per heavy atom. The molecule has 0 aliphatic carbocycles. The minimum absolute atomic E-state index is 0.208. The minimum Gasteiger partial charge on any atom is -0.507 e. The van der Waals surface area contributed by atoms with Crippen molar-refractivity contribution >= 4 is 11.6 Å². The van der Waals surface area contributed by atoms with Gasteiger partial charge in [-0.05, 0) is 49.6 Å². The molecule has 0 atom stereocenters. The molecule has 0 saturated heterocycles. The van der Waals surface area contributed by atoms with Gasteiger partial charge in [-0.1, -0.05) is 31.2 Å². The summed E-state index contributed by atoms with van der Waals surface area (Å²) in [6.45, 7) is 5.75. The number of aryl methyl sites for hydroxylation is 2. The van der Waals surface area contributed by atoms with Crippen LogP contribution in [0.1, 0.15) is 40.4 Å². The lowest BCUT2D eigenvalue weighted by Crippen LogP contribution is -2.20. The molecule has 0 fully saturated rings. The smallest absolute Gasteiger partial charge is 0.271 e. The number of phenols is 1. The van der Waals surface area contributed by atoms with Crippen LogP contribution >= 0.6 is 0 Å². The van der Waals surface area contributed by atoms with Crippen LogP contribution in [0.15, 0.2) is 47.6 Å². The first-order chi connectivity index (χ1) is 10.5. The van der Waals surface area contributed by atoms with Crippen molar-refractivity contribution in [2.24, 2.45) is 5.10 Å². The van der Waals surface area contributed by atoms with Crippen LogP contribution in [0.3, 0.4) is 0 Å². The summed E-state index contributed by atoms with van der Waals surface area (Å²) in [7, 11) is 0. The summed E-state index contributed by atoms with van der Waals surface area (Å²) in [5.41, 5.74) is 6.25. The summed E-state index contributed by atoms with van der Waals surface area (Å²) in [4.78, 5) is 12.0. The van der Waals surface area contributed by atoms with Gasteiger partial charge in [0.15, 0.2) is 0 Å². The molecule has 0 spiro atoms. The third-order valence-corrected chi connectivity index (χ3v) is 3.42. The minimum atomic E-state index is -0.268. The Morgan fingerprint density at radius 1 is 1.18 bits per heavy atom. The maximum atomic E-state index is 12.0. The van der Waals surface area contributed by atoms with E-state index < -0.39 is 0 Å². The lowest BCUT2D eigenvalue weighted by atomic mass is 10.0. The maximum Gasteiger partial charge on any atom is 0.271 e. The zero-order chi connectivity index (χ0) is 16.1. The van der Waals surface area contributed by atoms with Gasteiger partial charge >= 0.3 is 0 Å². The molecule has 0 unspecified atom stereocenters. The number of hydrogen-bond acceptors (Lipinski definition) is 3. The Balaban J connectivity index is 2.27. The SMILES string of the molecule is CC/C(=N/NC(=O)c1ccccc1)c1cc(C)cc(C)c1O. The monoisotopic (exact) mass is 296 g/mol. The summed E-state index contributed by atoms with van der Waals surface area (Å²) in [5.74, 6) is -0.0597. The van der Waals surface area contributed by atoms with Gasteiger partial charge in [-0.25, -0.2) is 5.43 Å². The molecule has 0 bridgehead atoms. The van der Waals surface area contributed by atoms with E-state index in [0.717, 1.165) is 11.1 Å². The molecule has 0 aliphatic rings. The standard InChI is InChI=1S/C18H20N2O2/c1-4-16(15-11-12(2)10-13(3)17(15)21)19-20-18(22)14-8-6-5-7-9-14/h5-11,21H,4H2,1-3H3,(H,20,22)/b19-16-. The van der Waals surface area contributed by atoms with Crippen LogP contribution in [0.2, 0.25) is 0 Å². The van der Waals surface area contributed by atoms with Gasteiger partial charge in [0.2, 0.25) is 0 Å². The number of nitrogens with zero attached hydrogens (tertiary/aromatic N) is 1. The van der Waals surface area contributed by atoms with Gasteiger partial charge in [0.05, 0.1) is 5.71 Å². The highest BCUT2D eigenvalue weighted by molar-refractivity contribution is 6.04. The fraction of sp³-hybridized carbons (Fsp3) is 0.222. The van der Waals surface area contributed by atoms with E-state index in [9.17, 15) is 9.90 Å². The van der Waals surface area contributed by atoms with Crippen molar-refractivity contribution in [3.63, 3.8) is 0 Å². The van der Waals surface area contributed by atoms with Crippen LogP contribution in [0, 0.1) is 13.8 Å². The van der Waals surface area contributed by atoms with E-state index in [-0.39, 0.29) is 11.7 Å². The summed E-state index contributed by atoms with van der Waals surface area (Å²) in [6.07, 6.45) is 0.603. The molecular weight excluding hydrogens is 276 g/mol. The Bertz CT molecular complexity index is 707. The Kier molecular flexibility index (Phi) is 4.94. The fourth-order valence-electron chi connectivity index (χ4n) is 2.28. The van der Waals surface area contributed by atoms with E-state index in [4.69, 9.17) is 0 Å². The second-order valence-corrected chi connectivity index (χ2v) is 5.20. The van der Waals surface area contributed by atoms with E-state index in [1.165, 1.54) is 0 Å². The number of aromatic hydroxyl groups is 1. The fourth-order valence-corrected chi connectivity index (χ4v) is 2.28. The summed E-state index contributed by atoms with van der Waals surface area (Å²) in [6, 6.07) is 12.7. The van der Waals surface area contributed by atoms with E-state index in [1.54, 1.807) is 24.3 Å². The normalized spacial score (nSPS) is 11.3. The van der Waals surface area contributed by atoms with Gasteiger partial charge in [0.25, 0.3) is 5.91 Å². The largest absolute Gasteiger partial charge is 0.507 e. The van der Waals surface area contributed by atoms with Crippen LogP contribution in [0.25, 0.3) is 0 Å². The van der Waals surface area contributed by atoms with Crippen molar-refractivity contribution in [1.82, 2.24) is 5.43 Å². The van der Waals surface area contributed by atoms with Crippen LogP contribution in [0.4, 0.5) is 0 Å². The van der Waals surface area contributed by atoms with Crippen molar-refractivity contribution < 1.29 is 9.90 Å². The topological polar surface area (TPSA) is 61.7 Å². The first-order valence-corrected chi connectivity index (χ1v) is 7.25. The highest BCUT2D eigenvalue weighted by Crippen LogP contribution is 2.25. The first kappa shape index (κ1) is 15.8. The summed E-state index contributed by atoms with van der Waals surface area (Å²) < 4.78 is 0. The van der Waals surface area contributed by atoms with Crippen molar-refractivity contribution in [1.29, 1.82) is 0 Å². The molecule has 0 heterocycles. The lowest BCUT2D eigenvalue weighted by molar-refractivity contribution is 0.0955. The van der Waals surface area contributed by atoms with E-state index >= 15 is 0 Å². The molecule has 2 aromatic rings. The van der Waals surface area contributed by atoms with Crippen molar-refractivity contribution in [2.75, 3.05) is 0 Å². The number of phenolic OH excluding ortho intramolecular Hbond substituents is 1. The van der Waals surface area contributed by atoms with Crippen LogP contribution in [-0.2, 0) is 0 Å². The Morgan fingerprint density at radius 3 is 2.50 bits per heavy atom. The van der Waals surface area contributed by atoms with Gasteiger partial charge in [0.1, 0.15) is 5.75 Å². The quantitative estimate of drug-likeness (QED) is 0.669. The lowest BCUT2D eigenvalue weighted by Gasteiger charge is -2.11. The molecule has 1 amide bonds. The second kappa shape index (κ2) is 6.89. The van der Waals surface area contributed by atoms with Gasteiger partial charge in [-0.15, -0.1) is 0 Å². The van der Waals surface area contributed by atoms with Crippen LogP contribution in [-0.4, -0.2) is 16.7 Å². The number of benzene rings is 2. The molecule has 2 rings (SSSR count). The number of amides is 1. The average molecular weight is 296 g/mol. The molecular formula is C18H20N2O2. The molecule has 0 saturated carbocycles. The van der Waals surface area contributed by atoms with Crippen molar-refractivity contribution in [3.8, 4) is 5.75 Å². The molecule has 114 valence electrons. The number of hydrazone groups is 1. The number of carbonyl (C=O) groups is 1. The van der Waals surface area contributed by atoms with Crippen LogP contribution < -0.4 is 5.43 Å². The maximum absolute atomic E-state index is 12.0. The van der Waals surface area contributed by atoms with Gasteiger partial charge in [0, 0.05) is 11.1 Å².